The van der Waals surface area contributed by atoms with E-state index in [0.29, 0.717) is 5.75 Å². The van der Waals surface area contributed by atoms with Crippen molar-refractivity contribution in [2.75, 3.05) is 0 Å². The highest BCUT2D eigenvalue weighted by molar-refractivity contribution is 9.11. The van der Waals surface area contributed by atoms with Crippen LogP contribution in [-0.4, -0.2) is 5.78 Å². The third-order valence-electron chi connectivity index (χ3n) is 5.47. The number of nitrogens with zero attached hydrogens (tertiary/aromatic N) is 1. The van der Waals surface area contributed by atoms with Gasteiger partial charge < -0.3 is 4.74 Å². The topological polar surface area (TPSA) is 50.1 Å². The molecular weight excluding hydrogens is 414 g/mol. The maximum atomic E-state index is 12.9. The van der Waals surface area contributed by atoms with Crippen LogP contribution in [-0.2, 0) is 4.79 Å². The number of Topliss-reactive ketones (excluding diaryl/α,β-unsaturated/α-hetero) is 1. The highest BCUT2D eigenvalue weighted by Gasteiger charge is 2.59. The second-order valence-electron chi connectivity index (χ2n) is 7.92. The monoisotopic (exact) mass is 437 g/mol. The summed E-state index contributed by atoms with van der Waals surface area (Å²) in [5, 5.41) is 9.69. The molecule has 0 N–H and O–H groups in total. The minimum absolute atomic E-state index is 0.0281. The molecule has 0 heterocycles. The first-order valence-electron chi connectivity index (χ1n) is 9.42. The van der Waals surface area contributed by atoms with Crippen molar-refractivity contribution < 1.29 is 9.53 Å². The summed E-state index contributed by atoms with van der Waals surface area (Å²) in [7, 11) is 0. The predicted molar refractivity (Wildman–Crippen MR) is 114 cm³/mol. The number of hydrogen-bond acceptors (Lipinski definition) is 3. The Bertz CT molecular complexity index is 923. The van der Waals surface area contributed by atoms with Gasteiger partial charge in [-0.3, -0.25) is 4.79 Å². The van der Waals surface area contributed by atoms with E-state index in [1.54, 1.807) is 0 Å². The molecule has 0 radical (unpaired) electrons. The average molecular weight is 438 g/mol. The van der Waals surface area contributed by atoms with Crippen molar-refractivity contribution in [2.24, 2.45) is 17.3 Å². The van der Waals surface area contributed by atoms with Crippen molar-refractivity contribution in [1.82, 2.24) is 0 Å². The number of hydrogen-bond donors (Lipinski definition) is 0. The minimum atomic E-state index is -0.474. The van der Waals surface area contributed by atoms with Crippen molar-refractivity contribution in [2.45, 2.75) is 33.1 Å². The quantitative estimate of drug-likeness (QED) is 0.488. The molecule has 1 aliphatic carbocycles. The number of ketones is 1. The fraction of sp³-hybridized carbons (Fsp3) is 0.333. The van der Waals surface area contributed by atoms with Gasteiger partial charge in [0, 0.05) is 12.3 Å². The molecule has 0 aliphatic heterocycles. The fourth-order valence-electron chi connectivity index (χ4n) is 3.84. The second kappa shape index (κ2) is 8.32. The molecule has 2 aromatic carbocycles. The molecule has 3 nitrogen and oxygen atoms in total. The van der Waals surface area contributed by atoms with Crippen molar-refractivity contribution in [3.63, 3.8) is 0 Å². The molecule has 1 fully saturated rings. The highest BCUT2D eigenvalue weighted by atomic mass is 79.9. The molecule has 28 heavy (non-hydrogen) atoms. The summed E-state index contributed by atoms with van der Waals surface area (Å²) in [6.07, 6.45) is 2.34. The van der Waals surface area contributed by atoms with E-state index < -0.39 is 5.92 Å². The summed E-state index contributed by atoms with van der Waals surface area (Å²) >= 11 is 3.46. The summed E-state index contributed by atoms with van der Waals surface area (Å²) in [4.78, 5) is 12.9. The first-order valence-corrected chi connectivity index (χ1v) is 10.2. The Kier molecular flexibility index (Phi) is 6.05. The molecule has 4 heteroatoms. The highest BCUT2D eigenvalue weighted by Crippen LogP contribution is 2.60. The van der Waals surface area contributed by atoms with Crippen LogP contribution < -0.4 is 4.74 Å². The summed E-state index contributed by atoms with van der Waals surface area (Å²) in [6.45, 7) is 6.21. The summed E-state index contributed by atoms with van der Waals surface area (Å²) in [5.41, 5.74) is 0.760. The summed E-state index contributed by atoms with van der Waals surface area (Å²) in [5.74, 6) is 1.28. The molecule has 0 spiro atoms. The van der Waals surface area contributed by atoms with Gasteiger partial charge >= 0.3 is 0 Å². The van der Waals surface area contributed by atoms with Gasteiger partial charge in [0.25, 0.3) is 0 Å². The Morgan fingerprint density at radius 1 is 1.21 bits per heavy atom. The predicted octanol–water partition coefficient (Wildman–Crippen LogP) is 6.62. The van der Waals surface area contributed by atoms with Gasteiger partial charge in [-0.25, -0.2) is 0 Å². The second-order valence-corrected chi connectivity index (χ2v) is 9.17. The molecule has 3 atom stereocenters. The van der Waals surface area contributed by atoms with E-state index >= 15 is 0 Å². The molecule has 0 saturated heterocycles. The Balaban J connectivity index is 1.72. The van der Waals surface area contributed by atoms with Gasteiger partial charge in [-0.2, -0.15) is 5.26 Å². The number of rotatable bonds is 7. The van der Waals surface area contributed by atoms with Crippen LogP contribution in [0, 0.1) is 28.6 Å². The van der Waals surface area contributed by atoms with Crippen LogP contribution in [0.5, 0.6) is 11.5 Å². The Morgan fingerprint density at radius 3 is 2.54 bits per heavy atom. The van der Waals surface area contributed by atoms with Gasteiger partial charge in [-0.15, -0.1) is 0 Å². The molecule has 1 aliphatic rings. The van der Waals surface area contributed by atoms with Gasteiger partial charge in [0.15, 0.2) is 0 Å². The molecule has 2 aromatic rings. The van der Waals surface area contributed by atoms with E-state index in [4.69, 9.17) is 4.74 Å². The lowest BCUT2D eigenvalue weighted by Gasteiger charge is -2.12. The normalized spacial score (nSPS) is 21.5. The number of benzene rings is 2. The Morgan fingerprint density at radius 2 is 1.89 bits per heavy atom. The fourth-order valence-corrected chi connectivity index (χ4v) is 4.12. The number of ether oxygens (including phenoxy) is 1. The van der Waals surface area contributed by atoms with Crippen LogP contribution >= 0.6 is 15.9 Å². The van der Waals surface area contributed by atoms with Crippen molar-refractivity contribution in [1.29, 1.82) is 5.26 Å². The first kappa shape index (κ1) is 20.4. The van der Waals surface area contributed by atoms with Crippen LogP contribution in [0.2, 0.25) is 0 Å². The Labute approximate surface area is 175 Å². The average Bonchev–Trinajstić information content (AvgIpc) is 3.20. The molecule has 3 rings (SSSR count). The number of allylic oxidation sites excluding steroid dienone is 2. The van der Waals surface area contributed by atoms with Gasteiger partial charge in [0.05, 0.1) is 12.0 Å². The van der Waals surface area contributed by atoms with Crippen LogP contribution in [0.1, 0.15) is 38.7 Å². The lowest BCUT2D eigenvalue weighted by Crippen LogP contribution is -2.11. The van der Waals surface area contributed by atoms with Crippen molar-refractivity contribution in [3.8, 4) is 17.6 Å². The van der Waals surface area contributed by atoms with E-state index in [0.717, 1.165) is 15.8 Å². The third kappa shape index (κ3) is 4.54. The zero-order valence-corrected chi connectivity index (χ0v) is 17.9. The molecule has 0 bridgehead atoms. The first-order chi connectivity index (χ1) is 13.3. The van der Waals surface area contributed by atoms with Crippen molar-refractivity contribution in [3.05, 3.63) is 70.7 Å². The van der Waals surface area contributed by atoms with Gasteiger partial charge in [-0.1, -0.05) is 66.2 Å². The van der Waals surface area contributed by atoms with Crippen molar-refractivity contribution >= 4 is 21.7 Å². The molecule has 0 aromatic heterocycles. The largest absolute Gasteiger partial charge is 0.457 e. The van der Waals surface area contributed by atoms with Crippen LogP contribution in [0.25, 0.3) is 0 Å². The maximum Gasteiger partial charge on any atom is 0.138 e. The smallest absolute Gasteiger partial charge is 0.138 e. The van der Waals surface area contributed by atoms with Crippen LogP contribution in [0.4, 0.5) is 0 Å². The van der Waals surface area contributed by atoms with Gasteiger partial charge in [-0.05, 0) is 52.6 Å². The zero-order chi connectivity index (χ0) is 20.3. The maximum absolute atomic E-state index is 12.9. The van der Waals surface area contributed by atoms with Crippen LogP contribution in [0.3, 0.4) is 0 Å². The van der Waals surface area contributed by atoms with E-state index in [1.165, 1.54) is 0 Å². The van der Waals surface area contributed by atoms with E-state index in [9.17, 15) is 10.1 Å². The molecule has 0 unspecified atom stereocenters. The van der Waals surface area contributed by atoms with E-state index in [2.05, 4.69) is 41.9 Å². The Hall–Kier alpha value is -2.38. The third-order valence-corrected chi connectivity index (χ3v) is 5.73. The van der Waals surface area contributed by atoms with E-state index in [-0.39, 0.29) is 29.5 Å². The van der Waals surface area contributed by atoms with Gasteiger partial charge in [0.2, 0.25) is 0 Å². The molecule has 144 valence electrons. The summed E-state index contributed by atoms with van der Waals surface area (Å²) < 4.78 is 6.91. The summed E-state index contributed by atoms with van der Waals surface area (Å²) in [6, 6.07) is 19.3. The number of para-hydroxylation sites is 1. The molecule has 0 amide bonds. The lowest BCUT2D eigenvalue weighted by molar-refractivity contribution is -0.121. The van der Waals surface area contributed by atoms with E-state index in [1.807, 2.05) is 61.5 Å². The van der Waals surface area contributed by atoms with Crippen LogP contribution in [0.15, 0.2) is 65.2 Å². The molecule has 1 saturated carbocycles. The SMILES string of the molecule is CC(Br)=C[C@H]1[C@@H](C(=O)C[C@H](C#N)c2cccc(Oc3ccccc3)c2)C1(C)C. The molecular formula is C24H24BrNO2. The number of halogens is 1. The van der Waals surface area contributed by atoms with Gasteiger partial charge in [0.1, 0.15) is 17.3 Å². The zero-order valence-electron chi connectivity index (χ0n) is 16.4. The standard InChI is InChI=1S/C24H24BrNO2/c1-16(25)12-21-23(24(21,2)3)22(27)14-18(15-26)17-8-7-11-20(13-17)28-19-9-5-4-6-10-19/h4-13,18,21,23H,14H2,1-3H3/t18-,21+,23+/m1/s1. The number of nitriles is 1. The number of carbonyl (C=O) groups excluding carboxylic acids is 1. The minimum Gasteiger partial charge on any atom is -0.457 e. The number of carbonyl (C=O) groups is 1. The lowest BCUT2D eigenvalue weighted by atomic mass is 9.92.